The van der Waals surface area contributed by atoms with Crippen LogP contribution in [0.1, 0.15) is 32.6 Å². The van der Waals surface area contributed by atoms with Crippen molar-refractivity contribution >= 4 is 17.3 Å². The number of nitrogens with one attached hydrogen (secondary N) is 1. The van der Waals surface area contributed by atoms with E-state index >= 15 is 0 Å². The fraction of sp³-hybridized carbons (Fsp3) is 0.600. The second-order valence-electron chi connectivity index (χ2n) is 5.52. The van der Waals surface area contributed by atoms with Gasteiger partial charge in [0.1, 0.15) is 0 Å². The average molecular weight is 267 g/mol. The van der Waals surface area contributed by atoms with Gasteiger partial charge in [0.05, 0.1) is 0 Å². The second-order valence-corrected chi connectivity index (χ2v) is 5.95. The molecule has 3 N–H and O–H groups in total. The van der Waals surface area contributed by atoms with Crippen molar-refractivity contribution in [1.29, 1.82) is 0 Å². The van der Waals surface area contributed by atoms with E-state index in [4.69, 9.17) is 17.3 Å². The fourth-order valence-corrected chi connectivity index (χ4v) is 3.04. The SMILES string of the molecule is CC1CCC(C(CN)Nc2cccc(Cl)c2)CC1. The van der Waals surface area contributed by atoms with E-state index < -0.39 is 0 Å². The number of hydrogen-bond acceptors (Lipinski definition) is 2. The molecule has 1 fully saturated rings. The maximum Gasteiger partial charge on any atom is 0.0426 e. The van der Waals surface area contributed by atoms with E-state index in [-0.39, 0.29) is 0 Å². The van der Waals surface area contributed by atoms with Gasteiger partial charge in [-0.1, -0.05) is 37.4 Å². The normalized spacial score (nSPS) is 25.7. The molecule has 0 amide bonds. The highest BCUT2D eigenvalue weighted by Gasteiger charge is 2.25. The Labute approximate surface area is 115 Å². The molecular weight excluding hydrogens is 244 g/mol. The van der Waals surface area contributed by atoms with Gasteiger partial charge in [0.15, 0.2) is 0 Å². The predicted octanol–water partition coefficient (Wildman–Crippen LogP) is 3.91. The standard InChI is InChI=1S/C15H23ClN2/c1-11-5-7-12(8-6-11)15(10-17)18-14-4-2-3-13(16)9-14/h2-4,9,11-12,15,18H,5-8,10,17H2,1H3. The summed E-state index contributed by atoms with van der Waals surface area (Å²) in [5.74, 6) is 1.58. The lowest BCUT2D eigenvalue weighted by molar-refractivity contribution is 0.265. The summed E-state index contributed by atoms with van der Waals surface area (Å²) in [5, 5.41) is 4.32. The predicted molar refractivity (Wildman–Crippen MR) is 79.0 cm³/mol. The topological polar surface area (TPSA) is 38.0 Å². The molecule has 3 heteroatoms. The van der Waals surface area contributed by atoms with Crippen LogP contribution in [0.25, 0.3) is 0 Å². The van der Waals surface area contributed by atoms with Gasteiger partial charge in [0.25, 0.3) is 0 Å². The first-order valence-corrected chi connectivity index (χ1v) is 7.29. The fourth-order valence-electron chi connectivity index (χ4n) is 2.85. The van der Waals surface area contributed by atoms with Crippen molar-refractivity contribution in [3.8, 4) is 0 Å². The zero-order valence-electron chi connectivity index (χ0n) is 11.0. The highest BCUT2D eigenvalue weighted by Crippen LogP contribution is 2.31. The van der Waals surface area contributed by atoms with Gasteiger partial charge in [0.2, 0.25) is 0 Å². The Morgan fingerprint density at radius 3 is 2.67 bits per heavy atom. The van der Waals surface area contributed by atoms with E-state index in [1.54, 1.807) is 0 Å². The van der Waals surface area contributed by atoms with Crippen LogP contribution in [0.15, 0.2) is 24.3 Å². The van der Waals surface area contributed by atoms with Crippen molar-refractivity contribution in [2.24, 2.45) is 17.6 Å². The van der Waals surface area contributed by atoms with Crippen LogP contribution in [-0.2, 0) is 0 Å². The Morgan fingerprint density at radius 2 is 2.06 bits per heavy atom. The van der Waals surface area contributed by atoms with Gasteiger partial charge >= 0.3 is 0 Å². The van der Waals surface area contributed by atoms with Crippen LogP contribution in [0.4, 0.5) is 5.69 Å². The Kier molecular flexibility index (Phi) is 4.90. The summed E-state index contributed by atoms with van der Waals surface area (Å²) in [7, 11) is 0. The summed E-state index contributed by atoms with van der Waals surface area (Å²) in [4.78, 5) is 0. The zero-order valence-corrected chi connectivity index (χ0v) is 11.8. The minimum absolute atomic E-state index is 0.371. The van der Waals surface area contributed by atoms with E-state index in [2.05, 4.69) is 18.3 Å². The molecule has 1 saturated carbocycles. The van der Waals surface area contributed by atoms with Crippen molar-refractivity contribution in [1.82, 2.24) is 0 Å². The Balaban J connectivity index is 1.96. The Bertz CT molecular complexity index is 373. The number of benzene rings is 1. The summed E-state index contributed by atoms with van der Waals surface area (Å²) in [5.41, 5.74) is 7.01. The molecule has 0 spiro atoms. The minimum atomic E-state index is 0.371. The van der Waals surface area contributed by atoms with Gasteiger partial charge in [-0.05, 0) is 42.9 Å². The van der Waals surface area contributed by atoms with Crippen molar-refractivity contribution in [3.63, 3.8) is 0 Å². The summed E-state index contributed by atoms with van der Waals surface area (Å²) in [6.45, 7) is 3.03. The van der Waals surface area contributed by atoms with Crippen molar-refractivity contribution in [2.75, 3.05) is 11.9 Å². The first kappa shape index (κ1) is 13.7. The van der Waals surface area contributed by atoms with Crippen molar-refractivity contribution < 1.29 is 0 Å². The molecule has 1 aliphatic carbocycles. The molecule has 0 aromatic heterocycles. The van der Waals surface area contributed by atoms with Gasteiger partial charge in [-0.15, -0.1) is 0 Å². The lowest BCUT2D eigenvalue weighted by Crippen LogP contribution is -2.38. The van der Waals surface area contributed by atoms with Crippen LogP contribution in [0.2, 0.25) is 5.02 Å². The molecule has 1 atom stereocenters. The van der Waals surface area contributed by atoms with E-state index in [1.165, 1.54) is 25.7 Å². The van der Waals surface area contributed by atoms with Crippen LogP contribution in [-0.4, -0.2) is 12.6 Å². The summed E-state index contributed by atoms with van der Waals surface area (Å²) in [6, 6.07) is 8.26. The third-order valence-electron chi connectivity index (χ3n) is 4.06. The van der Waals surface area contributed by atoms with Gasteiger partial charge in [0, 0.05) is 23.3 Å². The molecular formula is C15H23ClN2. The first-order valence-electron chi connectivity index (χ1n) is 6.91. The lowest BCUT2D eigenvalue weighted by Gasteiger charge is -2.33. The van der Waals surface area contributed by atoms with Crippen LogP contribution < -0.4 is 11.1 Å². The largest absolute Gasteiger partial charge is 0.381 e. The Morgan fingerprint density at radius 1 is 1.33 bits per heavy atom. The van der Waals surface area contributed by atoms with Gasteiger partial charge < -0.3 is 11.1 Å². The molecule has 2 rings (SSSR count). The average Bonchev–Trinajstić information content (AvgIpc) is 2.37. The lowest BCUT2D eigenvalue weighted by atomic mass is 9.79. The Hall–Kier alpha value is -0.730. The van der Waals surface area contributed by atoms with Crippen LogP contribution in [0, 0.1) is 11.8 Å². The molecule has 1 aliphatic rings. The van der Waals surface area contributed by atoms with E-state index in [0.29, 0.717) is 18.5 Å². The molecule has 0 saturated heterocycles. The summed E-state index contributed by atoms with van der Waals surface area (Å²) < 4.78 is 0. The van der Waals surface area contributed by atoms with E-state index in [1.807, 2.05) is 18.2 Å². The smallest absolute Gasteiger partial charge is 0.0426 e. The molecule has 0 bridgehead atoms. The summed E-state index contributed by atoms with van der Waals surface area (Å²) >= 11 is 6.01. The van der Waals surface area contributed by atoms with E-state index in [9.17, 15) is 0 Å². The maximum atomic E-state index is 6.01. The number of rotatable bonds is 4. The number of nitrogens with two attached hydrogens (primary N) is 1. The molecule has 0 heterocycles. The van der Waals surface area contributed by atoms with Gasteiger partial charge in [-0.3, -0.25) is 0 Å². The van der Waals surface area contributed by atoms with Crippen LogP contribution in [0.5, 0.6) is 0 Å². The second kappa shape index (κ2) is 6.44. The quantitative estimate of drug-likeness (QED) is 0.867. The molecule has 1 aromatic rings. The molecule has 0 aliphatic heterocycles. The molecule has 2 nitrogen and oxygen atoms in total. The third-order valence-corrected chi connectivity index (χ3v) is 4.30. The minimum Gasteiger partial charge on any atom is -0.381 e. The van der Waals surface area contributed by atoms with E-state index in [0.717, 1.165) is 16.6 Å². The molecule has 0 radical (unpaired) electrons. The van der Waals surface area contributed by atoms with Crippen LogP contribution in [0.3, 0.4) is 0 Å². The maximum absolute atomic E-state index is 6.01. The molecule has 100 valence electrons. The number of hydrogen-bond donors (Lipinski definition) is 2. The molecule has 1 aromatic carbocycles. The third kappa shape index (κ3) is 3.63. The molecule has 1 unspecified atom stereocenters. The van der Waals surface area contributed by atoms with Crippen LogP contribution >= 0.6 is 11.6 Å². The van der Waals surface area contributed by atoms with Gasteiger partial charge in [-0.25, -0.2) is 0 Å². The first-order chi connectivity index (χ1) is 8.69. The number of anilines is 1. The number of halogens is 1. The highest BCUT2D eigenvalue weighted by atomic mass is 35.5. The molecule has 18 heavy (non-hydrogen) atoms. The summed E-state index contributed by atoms with van der Waals surface area (Å²) in [6.07, 6.45) is 5.24. The zero-order chi connectivity index (χ0) is 13.0. The van der Waals surface area contributed by atoms with Crippen molar-refractivity contribution in [3.05, 3.63) is 29.3 Å². The monoisotopic (exact) mass is 266 g/mol. The highest BCUT2D eigenvalue weighted by molar-refractivity contribution is 6.30. The van der Waals surface area contributed by atoms with Crippen molar-refractivity contribution in [2.45, 2.75) is 38.6 Å². The van der Waals surface area contributed by atoms with Gasteiger partial charge in [-0.2, -0.15) is 0 Å².